The van der Waals surface area contributed by atoms with E-state index in [1.54, 1.807) is 12.1 Å². The summed E-state index contributed by atoms with van der Waals surface area (Å²) in [4.78, 5) is 11.6. The number of ether oxygens (including phenoxy) is 2. The van der Waals surface area contributed by atoms with Crippen LogP contribution < -0.4 is 4.74 Å². The Morgan fingerprint density at radius 1 is 1.00 bits per heavy atom. The Morgan fingerprint density at radius 3 is 2.39 bits per heavy atom. The molecule has 0 aliphatic rings. The van der Waals surface area contributed by atoms with E-state index in [-0.39, 0.29) is 5.97 Å². The van der Waals surface area contributed by atoms with Crippen molar-refractivity contribution in [1.29, 1.82) is 0 Å². The standard InChI is InChI=1S/C15H14O3/c1-17-15(16)14-10-6-5-7-12(14)11-18-13-8-3-2-4-9-13/h2-10H,11H2,1H3. The average molecular weight is 242 g/mol. The number of methoxy groups -OCH3 is 1. The zero-order valence-electron chi connectivity index (χ0n) is 10.1. The van der Waals surface area contributed by atoms with E-state index in [9.17, 15) is 4.79 Å². The van der Waals surface area contributed by atoms with E-state index in [0.29, 0.717) is 12.2 Å². The molecule has 2 aromatic rings. The molecule has 3 nitrogen and oxygen atoms in total. The normalized spacial score (nSPS) is 9.83. The molecule has 0 aliphatic heterocycles. The van der Waals surface area contributed by atoms with Crippen molar-refractivity contribution in [2.45, 2.75) is 6.61 Å². The second-order valence-corrected chi connectivity index (χ2v) is 3.75. The van der Waals surface area contributed by atoms with Gasteiger partial charge in [0.25, 0.3) is 0 Å². The molecule has 2 aromatic carbocycles. The lowest BCUT2D eigenvalue weighted by Crippen LogP contribution is -2.07. The van der Waals surface area contributed by atoms with Gasteiger partial charge >= 0.3 is 5.97 Å². The molecule has 0 atom stereocenters. The fourth-order valence-electron chi connectivity index (χ4n) is 1.63. The monoisotopic (exact) mass is 242 g/mol. The third-order valence-corrected chi connectivity index (χ3v) is 2.56. The van der Waals surface area contributed by atoms with Crippen LogP contribution in [-0.4, -0.2) is 13.1 Å². The van der Waals surface area contributed by atoms with Crippen LogP contribution in [0.2, 0.25) is 0 Å². The fourth-order valence-corrected chi connectivity index (χ4v) is 1.63. The predicted octanol–water partition coefficient (Wildman–Crippen LogP) is 3.05. The number of hydrogen-bond acceptors (Lipinski definition) is 3. The van der Waals surface area contributed by atoms with E-state index < -0.39 is 0 Å². The van der Waals surface area contributed by atoms with Crippen molar-refractivity contribution in [2.24, 2.45) is 0 Å². The van der Waals surface area contributed by atoms with E-state index in [1.807, 2.05) is 42.5 Å². The second kappa shape index (κ2) is 5.87. The van der Waals surface area contributed by atoms with Gasteiger partial charge in [-0.05, 0) is 18.2 Å². The Kier molecular flexibility index (Phi) is 3.97. The molecule has 0 saturated heterocycles. The predicted molar refractivity (Wildman–Crippen MR) is 68.6 cm³/mol. The lowest BCUT2D eigenvalue weighted by molar-refractivity contribution is 0.0597. The summed E-state index contributed by atoms with van der Waals surface area (Å²) in [5.41, 5.74) is 1.35. The molecule has 0 unspecified atom stereocenters. The summed E-state index contributed by atoms with van der Waals surface area (Å²) in [5, 5.41) is 0. The summed E-state index contributed by atoms with van der Waals surface area (Å²) in [6.07, 6.45) is 0. The molecule has 0 spiro atoms. The molecule has 0 aliphatic carbocycles. The molecule has 0 radical (unpaired) electrons. The number of hydrogen-bond donors (Lipinski definition) is 0. The maximum Gasteiger partial charge on any atom is 0.338 e. The topological polar surface area (TPSA) is 35.5 Å². The first-order valence-corrected chi connectivity index (χ1v) is 5.65. The Bertz CT molecular complexity index is 520. The van der Waals surface area contributed by atoms with Crippen LogP contribution in [0.5, 0.6) is 5.75 Å². The summed E-state index contributed by atoms with van der Waals surface area (Å²) < 4.78 is 10.4. The smallest absolute Gasteiger partial charge is 0.338 e. The Balaban J connectivity index is 2.12. The van der Waals surface area contributed by atoms with Gasteiger partial charge in [0.1, 0.15) is 12.4 Å². The molecule has 0 fully saturated rings. The van der Waals surface area contributed by atoms with Crippen molar-refractivity contribution >= 4 is 5.97 Å². The summed E-state index contributed by atoms with van der Waals surface area (Å²) in [5.74, 6) is 0.430. The highest BCUT2D eigenvalue weighted by Gasteiger charge is 2.10. The highest BCUT2D eigenvalue weighted by atomic mass is 16.5. The fraction of sp³-hybridized carbons (Fsp3) is 0.133. The maximum absolute atomic E-state index is 11.6. The zero-order chi connectivity index (χ0) is 12.8. The minimum atomic E-state index is -0.345. The molecule has 0 saturated carbocycles. The van der Waals surface area contributed by atoms with Crippen molar-refractivity contribution in [3.05, 3.63) is 65.7 Å². The molecular formula is C15H14O3. The lowest BCUT2D eigenvalue weighted by atomic mass is 10.1. The first-order valence-electron chi connectivity index (χ1n) is 5.65. The van der Waals surface area contributed by atoms with E-state index >= 15 is 0 Å². The number of benzene rings is 2. The molecule has 0 N–H and O–H groups in total. The molecule has 3 heteroatoms. The van der Waals surface area contributed by atoms with Gasteiger partial charge in [-0.1, -0.05) is 36.4 Å². The highest BCUT2D eigenvalue weighted by Crippen LogP contribution is 2.15. The maximum atomic E-state index is 11.6. The summed E-state index contributed by atoms with van der Waals surface area (Å²) in [6, 6.07) is 16.7. The van der Waals surface area contributed by atoms with Crippen molar-refractivity contribution in [3.63, 3.8) is 0 Å². The van der Waals surface area contributed by atoms with Crippen LogP contribution in [0.3, 0.4) is 0 Å². The van der Waals surface area contributed by atoms with Crippen LogP contribution in [0.15, 0.2) is 54.6 Å². The van der Waals surface area contributed by atoms with E-state index in [0.717, 1.165) is 11.3 Å². The molecule has 18 heavy (non-hydrogen) atoms. The molecule has 0 aromatic heterocycles. The van der Waals surface area contributed by atoms with Crippen LogP contribution in [-0.2, 0) is 11.3 Å². The number of carbonyl (C=O) groups is 1. The summed E-state index contributed by atoms with van der Waals surface area (Å²) in [7, 11) is 1.37. The van der Waals surface area contributed by atoms with Gasteiger partial charge in [-0.3, -0.25) is 0 Å². The number of rotatable bonds is 4. The van der Waals surface area contributed by atoms with Crippen LogP contribution in [0, 0.1) is 0 Å². The highest BCUT2D eigenvalue weighted by molar-refractivity contribution is 5.90. The summed E-state index contributed by atoms with van der Waals surface area (Å²) >= 11 is 0. The minimum Gasteiger partial charge on any atom is -0.489 e. The van der Waals surface area contributed by atoms with Gasteiger partial charge in [0, 0.05) is 5.56 Å². The van der Waals surface area contributed by atoms with Crippen molar-refractivity contribution in [2.75, 3.05) is 7.11 Å². The van der Waals surface area contributed by atoms with Crippen molar-refractivity contribution in [3.8, 4) is 5.75 Å². The number of esters is 1. The first kappa shape index (κ1) is 12.2. The second-order valence-electron chi connectivity index (χ2n) is 3.75. The van der Waals surface area contributed by atoms with Gasteiger partial charge in [0.05, 0.1) is 12.7 Å². The minimum absolute atomic E-state index is 0.343. The molecule has 0 bridgehead atoms. The van der Waals surface area contributed by atoms with Gasteiger partial charge in [0.2, 0.25) is 0 Å². The SMILES string of the molecule is COC(=O)c1ccccc1COc1ccccc1. The van der Waals surface area contributed by atoms with E-state index in [1.165, 1.54) is 7.11 Å². The third kappa shape index (κ3) is 2.88. The first-order chi connectivity index (χ1) is 8.81. The number of carbonyl (C=O) groups excluding carboxylic acids is 1. The quantitative estimate of drug-likeness (QED) is 0.773. The van der Waals surface area contributed by atoms with Crippen molar-refractivity contribution in [1.82, 2.24) is 0 Å². The summed E-state index contributed by atoms with van der Waals surface area (Å²) in [6.45, 7) is 0.343. The molecule has 0 amide bonds. The Hall–Kier alpha value is -2.29. The van der Waals surface area contributed by atoms with E-state index in [4.69, 9.17) is 9.47 Å². The zero-order valence-corrected chi connectivity index (χ0v) is 10.1. The lowest BCUT2D eigenvalue weighted by Gasteiger charge is -2.09. The van der Waals surface area contributed by atoms with Crippen LogP contribution in [0.25, 0.3) is 0 Å². The number of para-hydroxylation sites is 1. The average Bonchev–Trinajstić information content (AvgIpc) is 2.45. The third-order valence-electron chi connectivity index (χ3n) is 2.56. The Morgan fingerprint density at radius 2 is 1.67 bits per heavy atom. The van der Waals surface area contributed by atoms with Crippen LogP contribution in [0.1, 0.15) is 15.9 Å². The largest absolute Gasteiger partial charge is 0.489 e. The molecule has 2 rings (SSSR count). The van der Waals surface area contributed by atoms with Gasteiger partial charge in [0.15, 0.2) is 0 Å². The van der Waals surface area contributed by atoms with Crippen LogP contribution in [0.4, 0.5) is 0 Å². The van der Waals surface area contributed by atoms with Crippen molar-refractivity contribution < 1.29 is 14.3 Å². The van der Waals surface area contributed by atoms with Crippen LogP contribution >= 0.6 is 0 Å². The van der Waals surface area contributed by atoms with Gasteiger partial charge < -0.3 is 9.47 Å². The van der Waals surface area contributed by atoms with Gasteiger partial charge in [-0.25, -0.2) is 4.79 Å². The molecular weight excluding hydrogens is 228 g/mol. The molecule has 92 valence electrons. The van der Waals surface area contributed by atoms with E-state index in [2.05, 4.69) is 0 Å². The molecule has 0 heterocycles. The van der Waals surface area contributed by atoms with Gasteiger partial charge in [-0.15, -0.1) is 0 Å². The van der Waals surface area contributed by atoms with Gasteiger partial charge in [-0.2, -0.15) is 0 Å². The Labute approximate surface area is 106 Å².